The van der Waals surface area contributed by atoms with Gasteiger partial charge in [-0.2, -0.15) is 0 Å². The van der Waals surface area contributed by atoms with Gasteiger partial charge in [0.05, 0.1) is 0 Å². The first-order valence-electron chi connectivity index (χ1n) is 4.07. The standard InChI is InChI=1S/C10H13FS/c1-7(2)5-8-6-9(12)3-4-10(8)11/h3-4,6-7,12H,5H2,1-2H3. The summed E-state index contributed by atoms with van der Waals surface area (Å²) in [7, 11) is 0. The van der Waals surface area contributed by atoms with Crippen LogP contribution in [0.15, 0.2) is 23.1 Å². The molecule has 0 saturated heterocycles. The van der Waals surface area contributed by atoms with Crippen LogP contribution in [0, 0.1) is 11.7 Å². The highest BCUT2D eigenvalue weighted by Gasteiger charge is 2.04. The summed E-state index contributed by atoms with van der Waals surface area (Å²) in [6, 6.07) is 4.93. The van der Waals surface area contributed by atoms with Crippen molar-refractivity contribution in [3.8, 4) is 0 Å². The van der Waals surface area contributed by atoms with E-state index in [1.807, 2.05) is 0 Å². The van der Waals surface area contributed by atoms with Gasteiger partial charge in [0.2, 0.25) is 0 Å². The fourth-order valence-corrected chi connectivity index (χ4v) is 1.39. The molecule has 0 unspecified atom stereocenters. The lowest BCUT2D eigenvalue weighted by Crippen LogP contribution is -1.97. The molecule has 0 N–H and O–H groups in total. The van der Waals surface area contributed by atoms with Crippen LogP contribution in [0.1, 0.15) is 19.4 Å². The molecule has 0 heterocycles. The summed E-state index contributed by atoms with van der Waals surface area (Å²) >= 11 is 4.16. The van der Waals surface area contributed by atoms with E-state index in [1.54, 1.807) is 12.1 Å². The third-order valence-electron chi connectivity index (χ3n) is 1.66. The van der Waals surface area contributed by atoms with Crippen LogP contribution in [0.5, 0.6) is 0 Å². The zero-order valence-corrected chi connectivity index (χ0v) is 8.24. The second-order valence-corrected chi connectivity index (χ2v) is 3.89. The predicted molar refractivity (Wildman–Crippen MR) is 52.2 cm³/mol. The molecule has 0 fully saturated rings. The van der Waals surface area contributed by atoms with E-state index >= 15 is 0 Å². The molecule has 0 aromatic heterocycles. The molecule has 0 aliphatic rings. The van der Waals surface area contributed by atoms with Crippen molar-refractivity contribution in [3.63, 3.8) is 0 Å². The largest absolute Gasteiger partial charge is 0.207 e. The van der Waals surface area contributed by atoms with E-state index in [0.717, 1.165) is 16.9 Å². The van der Waals surface area contributed by atoms with Crippen molar-refractivity contribution >= 4 is 12.6 Å². The minimum atomic E-state index is -0.124. The first-order chi connectivity index (χ1) is 5.59. The highest BCUT2D eigenvalue weighted by Crippen LogP contribution is 2.16. The maximum absolute atomic E-state index is 13.1. The molecule has 0 aliphatic carbocycles. The lowest BCUT2D eigenvalue weighted by molar-refractivity contribution is 0.572. The topological polar surface area (TPSA) is 0 Å². The minimum Gasteiger partial charge on any atom is -0.207 e. The molecule has 0 amide bonds. The second-order valence-electron chi connectivity index (χ2n) is 3.37. The van der Waals surface area contributed by atoms with Crippen molar-refractivity contribution in [2.75, 3.05) is 0 Å². The number of halogens is 1. The van der Waals surface area contributed by atoms with Crippen molar-refractivity contribution in [2.45, 2.75) is 25.2 Å². The average Bonchev–Trinajstić information content (AvgIpc) is 1.96. The van der Waals surface area contributed by atoms with Gasteiger partial charge in [-0.3, -0.25) is 0 Å². The number of thiol groups is 1. The Labute approximate surface area is 78.2 Å². The van der Waals surface area contributed by atoms with Gasteiger partial charge < -0.3 is 0 Å². The first kappa shape index (κ1) is 9.59. The Morgan fingerprint density at radius 3 is 2.67 bits per heavy atom. The van der Waals surface area contributed by atoms with Crippen LogP contribution in [0.25, 0.3) is 0 Å². The van der Waals surface area contributed by atoms with E-state index in [9.17, 15) is 4.39 Å². The van der Waals surface area contributed by atoms with Crippen molar-refractivity contribution in [1.29, 1.82) is 0 Å². The van der Waals surface area contributed by atoms with Crippen LogP contribution in [0.3, 0.4) is 0 Å². The van der Waals surface area contributed by atoms with Crippen molar-refractivity contribution in [1.82, 2.24) is 0 Å². The lowest BCUT2D eigenvalue weighted by Gasteiger charge is -2.06. The van der Waals surface area contributed by atoms with Gasteiger partial charge >= 0.3 is 0 Å². The lowest BCUT2D eigenvalue weighted by atomic mass is 10.0. The van der Waals surface area contributed by atoms with Gasteiger partial charge in [0.1, 0.15) is 5.82 Å². The molecule has 1 aromatic carbocycles. The van der Waals surface area contributed by atoms with Gasteiger partial charge in [0.15, 0.2) is 0 Å². The number of benzene rings is 1. The Kier molecular flexibility index (Phi) is 3.15. The molecule has 2 heteroatoms. The normalized spacial score (nSPS) is 10.8. The summed E-state index contributed by atoms with van der Waals surface area (Å²) in [5.41, 5.74) is 0.762. The monoisotopic (exact) mass is 184 g/mol. The van der Waals surface area contributed by atoms with Gasteiger partial charge in [-0.05, 0) is 36.1 Å². The Morgan fingerprint density at radius 2 is 2.08 bits per heavy atom. The zero-order chi connectivity index (χ0) is 9.14. The molecule has 0 atom stereocenters. The molecule has 0 saturated carbocycles. The summed E-state index contributed by atoms with van der Waals surface area (Å²) in [5.74, 6) is 0.358. The van der Waals surface area contributed by atoms with E-state index in [2.05, 4.69) is 26.5 Å². The van der Waals surface area contributed by atoms with Crippen LogP contribution in [0.4, 0.5) is 4.39 Å². The highest BCUT2D eigenvalue weighted by molar-refractivity contribution is 7.80. The van der Waals surface area contributed by atoms with Gasteiger partial charge in [-0.1, -0.05) is 13.8 Å². The molecule has 0 nitrogen and oxygen atoms in total. The Morgan fingerprint density at radius 1 is 1.42 bits per heavy atom. The molecule has 0 radical (unpaired) electrons. The zero-order valence-electron chi connectivity index (χ0n) is 7.34. The van der Waals surface area contributed by atoms with Crippen LogP contribution in [0.2, 0.25) is 0 Å². The highest BCUT2D eigenvalue weighted by atomic mass is 32.1. The van der Waals surface area contributed by atoms with Crippen LogP contribution in [-0.2, 0) is 6.42 Å². The van der Waals surface area contributed by atoms with E-state index < -0.39 is 0 Å². The molecule has 0 spiro atoms. The summed E-state index contributed by atoms with van der Waals surface area (Å²) in [6.45, 7) is 4.15. The van der Waals surface area contributed by atoms with Crippen molar-refractivity contribution in [3.05, 3.63) is 29.6 Å². The van der Waals surface area contributed by atoms with E-state index in [1.165, 1.54) is 6.07 Å². The maximum Gasteiger partial charge on any atom is 0.126 e. The molecule has 1 aromatic rings. The predicted octanol–water partition coefficient (Wildman–Crippen LogP) is 3.31. The van der Waals surface area contributed by atoms with Crippen LogP contribution >= 0.6 is 12.6 Å². The molecule has 66 valence electrons. The number of hydrogen-bond donors (Lipinski definition) is 1. The molecule has 0 bridgehead atoms. The first-order valence-corrected chi connectivity index (χ1v) is 4.51. The van der Waals surface area contributed by atoms with Crippen molar-refractivity contribution < 1.29 is 4.39 Å². The average molecular weight is 184 g/mol. The molecule has 12 heavy (non-hydrogen) atoms. The summed E-state index contributed by atoms with van der Waals surface area (Å²) in [6.07, 6.45) is 0.778. The smallest absolute Gasteiger partial charge is 0.126 e. The molecule has 0 aliphatic heterocycles. The Balaban J connectivity index is 2.90. The van der Waals surface area contributed by atoms with Gasteiger partial charge in [-0.15, -0.1) is 12.6 Å². The number of hydrogen-bond acceptors (Lipinski definition) is 1. The molecular formula is C10H13FS. The van der Waals surface area contributed by atoms with Gasteiger partial charge in [-0.25, -0.2) is 4.39 Å². The number of rotatable bonds is 2. The third kappa shape index (κ3) is 2.52. The minimum absolute atomic E-state index is 0.124. The van der Waals surface area contributed by atoms with Crippen LogP contribution < -0.4 is 0 Å². The fourth-order valence-electron chi connectivity index (χ4n) is 1.16. The van der Waals surface area contributed by atoms with E-state index in [0.29, 0.717) is 5.92 Å². The van der Waals surface area contributed by atoms with Crippen LogP contribution in [-0.4, -0.2) is 0 Å². The van der Waals surface area contributed by atoms with Gasteiger partial charge in [0, 0.05) is 4.90 Å². The Bertz CT molecular complexity index is 269. The quantitative estimate of drug-likeness (QED) is 0.670. The SMILES string of the molecule is CC(C)Cc1cc(S)ccc1F. The maximum atomic E-state index is 13.1. The molecular weight excluding hydrogens is 171 g/mol. The van der Waals surface area contributed by atoms with E-state index in [4.69, 9.17) is 0 Å². The van der Waals surface area contributed by atoms with Gasteiger partial charge in [0.25, 0.3) is 0 Å². The molecule has 1 rings (SSSR count). The van der Waals surface area contributed by atoms with E-state index in [-0.39, 0.29) is 5.82 Å². The summed E-state index contributed by atoms with van der Waals surface area (Å²) < 4.78 is 13.1. The fraction of sp³-hybridized carbons (Fsp3) is 0.400. The second kappa shape index (κ2) is 3.94. The third-order valence-corrected chi connectivity index (χ3v) is 1.94. The summed E-state index contributed by atoms with van der Waals surface area (Å²) in [5, 5.41) is 0. The summed E-state index contributed by atoms with van der Waals surface area (Å²) in [4.78, 5) is 0.826. The Hall–Kier alpha value is -0.500. The van der Waals surface area contributed by atoms with Crippen molar-refractivity contribution in [2.24, 2.45) is 5.92 Å².